The van der Waals surface area contributed by atoms with Crippen LogP contribution < -0.4 is 5.32 Å². The molecule has 4 heteroatoms. The Morgan fingerprint density at radius 3 is 2.72 bits per heavy atom. The Bertz CT molecular complexity index is 905. The smallest absolute Gasteiger partial charge is 0.245 e. The summed E-state index contributed by atoms with van der Waals surface area (Å²) in [7, 11) is 1.60. The van der Waals surface area contributed by atoms with Crippen molar-refractivity contribution < 1.29 is 9.53 Å². The summed E-state index contributed by atoms with van der Waals surface area (Å²) >= 11 is 0. The van der Waals surface area contributed by atoms with Crippen LogP contribution in [0.15, 0.2) is 54.7 Å². The molecule has 0 aliphatic carbocycles. The second-order valence-electron chi connectivity index (χ2n) is 6.08. The molecule has 0 saturated carbocycles. The number of aryl methyl sites for hydroxylation is 1. The van der Waals surface area contributed by atoms with Crippen molar-refractivity contribution in [1.29, 1.82) is 0 Å². The highest BCUT2D eigenvalue weighted by molar-refractivity contribution is 5.95. The second kappa shape index (κ2) is 7.45. The molecule has 0 bridgehead atoms. The number of carbonyl (C=O) groups excluding carboxylic acids is 1. The lowest BCUT2D eigenvalue weighted by atomic mass is 9.96. The van der Waals surface area contributed by atoms with E-state index in [2.05, 4.69) is 47.6 Å². The van der Waals surface area contributed by atoms with Crippen molar-refractivity contribution in [2.24, 2.45) is 0 Å². The molecular formula is C21H22N2O2. The molecule has 1 heterocycles. The number of hydrogen-bond acceptors (Lipinski definition) is 3. The number of rotatable bonds is 5. The zero-order valence-corrected chi connectivity index (χ0v) is 14.7. The first kappa shape index (κ1) is 17.1. The van der Waals surface area contributed by atoms with Crippen molar-refractivity contribution in [2.45, 2.75) is 20.0 Å². The summed E-state index contributed by atoms with van der Waals surface area (Å²) in [5.74, 6) is -0.132. The van der Waals surface area contributed by atoms with Gasteiger partial charge < -0.3 is 10.1 Å². The number of amides is 1. The summed E-state index contributed by atoms with van der Waals surface area (Å²) in [5, 5.41) is 3.67. The van der Waals surface area contributed by atoms with Crippen molar-refractivity contribution in [3.63, 3.8) is 0 Å². The number of hydrogen-bond donors (Lipinski definition) is 1. The lowest BCUT2D eigenvalue weighted by Gasteiger charge is -2.15. The summed E-state index contributed by atoms with van der Waals surface area (Å²) in [6, 6.07) is 16.6. The molecule has 0 fully saturated rings. The first-order chi connectivity index (χ1) is 12.1. The summed E-state index contributed by atoms with van der Waals surface area (Å²) < 4.78 is 5.62. The normalized spacial score (nSPS) is 12.1. The fourth-order valence-corrected chi connectivity index (χ4v) is 2.90. The van der Waals surface area contributed by atoms with Crippen molar-refractivity contribution in [2.75, 3.05) is 13.7 Å². The Labute approximate surface area is 147 Å². The van der Waals surface area contributed by atoms with Gasteiger partial charge in [-0.1, -0.05) is 36.4 Å². The number of nitrogens with zero attached hydrogens (tertiary/aromatic N) is 1. The molecule has 1 aromatic heterocycles. The summed E-state index contributed by atoms with van der Waals surface area (Å²) in [6.45, 7) is 4.10. The van der Waals surface area contributed by atoms with Crippen LogP contribution in [0.2, 0.25) is 0 Å². The van der Waals surface area contributed by atoms with Crippen LogP contribution in [-0.4, -0.2) is 24.5 Å². The van der Waals surface area contributed by atoms with Crippen LogP contribution in [0.4, 0.5) is 0 Å². The molecule has 0 radical (unpaired) electrons. The average Bonchev–Trinajstić information content (AvgIpc) is 2.65. The molecule has 0 saturated heterocycles. The number of carbonyl (C=O) groups is 1. The van der Waals surface area contributed by atoms with Crippen LogP contribution in [0.25, 0.3) is 22.0 Å². The minimum absolute atomic E-state index is 0.0480. The number of ether oxygens (including phenoxy) is 1. The molecule has 1 unspecified atom stereocenters. The van der Waals surface area contributed by atoms with E-state index in [0.717, 1.165) is 16.5 Å². The van der Waals surface area contributed by atoms with E-state index < -0.39 is 0 Å². The Morgan fingerprint density at radius 2 is 1.96 bits per heavy atom. The van der Waals surface area contributed by atoms with E-state index in [-0.39, 0.29) is 18.6 Å². The Kier molecular flexibility index (Phi) is 5.10. The molecule has 0 spiro atoms. The standard InChI is InChI=1S/C21H22N2O2/c1-14-6-4-5-7-17(14)18-10-11-23-20-12-16(8-9-19(18)20)15(2)25-13-21(24)22-3/h4-12,15H,13H2,1-3H3,(H,22,24). The van der Waals surface area contributed by atoms with Crippen molar-refractivity contribution >= 4 is 16.8 Å². The number of pyridine rings is 1. The third kappa shape index (κ3) is 3.69. The fraction of sp³-hybridized carbons (Fsp3) is 0.238. The monoisotopic (exact) mass is 334 g/mol. The summed E-state index contributed by atoms with van der Waals surface area (Å²) in [4.78, 5) is 15.9. The predicted molar refractivity (Wildman–Crippen MR) is 100 cm³/mol. The average molecular weight is 334 g/mol. The maximum Gasteiger partial charge on any atom is 0.245 e. The quantitative estimate of drug-likeness (QED) is 0.766. The van der Waals surface area contributed by atoms with Crippen molar-refractivity contribution in [3.8, 4) is 11.1 Å². The fourth-order valence-electron chi connectivity index (χ4n) is 2.90. The SMILES string of the molecule is CNC(=O)COC(C)c1ccc2c(-c3ccccc3C)ccnc2c1. The van der Waals surface area contributed by atoms with E-state index in [0.29, 0.717) is 0 Å². The van der Waals surface area contributed by atoms with Gasteiger partial charge in [-0.15, -0.1) is 0 Å². The molecule has 3 aromatic rings. The van der Waals surface area contributed by atoms with E-state index in [1.54, 1.807) is 7.05 Å². The maximum absolute atomic E-state index is 11.3. The number of aromatic nitrogens is 1. The molecule has 0 aliphatic heterocycles. The van der Waals surface area contributed by atoms with Crippen LogP contribution in [0.5, 0.6) is 0 Å². The number of likely N-dealkylation sites (N-methyl/N-ethyl adjacent to an activating group) is 1. The molecule has 1 N–H and O–H groups in total. The highest BCUT2D eigenvalue weighted by atomic mass is 16.5. The topological polar surface area (TPSA) is 51.2 Å². The van der Waals surface area contributed by atoms with Gasteiger partial charge in [0.15, 0.2) is 0 Å². The molecule has 2 aromatic carbocycles. The van der Waals surface area contributed by atoms with Crippen LogP contribution in [0.3, 0.4) is 0 Å². The molecule has 25 heavy (non-hydrogen) atoms. The minimum Gasteiger partial charge on any atom is -0.364 e. The van der Waals surface area contributed by atoms with Crippen molar-refractivity contribution in [3.05, 3.63) is 65.9 Å². The zero-order chi connectivity index (χ0) is 17.8. The Hall–Kier alpha value is -2.72. The van der Waals surface area contributed by atoms with E-state index in [4.69, 9.17) is 4.74 Å². The Morgan fingerprint density at radius 1 is 1.16 bits per heavy atom. The summed E-state index contributed by atoms with van der Waals surface area (Å²) in [6.07, 6.45) is 1.66. The van der Waals surface area contributed by atoms with Gasteiger partial charge in [0.2, 0.25) is 5.91 Å². The minimum atomic E-state index is -0.175. The van der Waals surface area contributed by atoms with Gasteiger partial charge in [-0.25, -0.2) is 0 Å². The first-order valence-corrected chi connectivity index (χ1v) is 8.37. The lowest BCUT2D eigenvalue weighted by molar-refractivity contribution is -0.127. The molecule has 128 valence electrons. The van der Waals surface area contributed by atoms with E-state index in [9.17, 15) is 4.79 Å². The molecular weight excluding hydrogens is 312 g/mol. The molecule has 1 amide bonds. The van der Waals surface area contributed by atoms with E-state index in [1.807, 2.05) is 31.3 Å². The molecule has 1 atom stereocenters. The molecule has 0 aliphatic rings. The van der Waals surface area contributed by atoms with Crippen LogP contribution in [-0.2, 0) is 9.53 Å². The van der Waals surface area contributed by atoms with Crippen LogP contribution in [0.1, 0.15) is 24.2 Å². The van der Waals surface area contributed by atoms with Gasteiger partial charge in [0, 0.05) is 18.6 Å². The third-order valence-electron chi connectivity index (χ3n) is 4.41. The third-order valence-corrected chi connectivity index (χ3v) is 4.41. The Balaban J connectivity index is 1.95. The number of benzene rings is 2. The lowest BCUT2D eigenvalue weighted by Crippen LogP contribution is -2.24. The molecule has 3 rings (SSSR count). The maximum atomic E-state index is 11.3. The largest absolute Gasteiger partial charge is 0.364 e. The van der Waals surface area contributed by atoms with Gasteiger partial charge in [0.25, 0.3) is 0 Å². The predicted octanol–water partition coefficient (Wildman–Crippen LogP) is 4.03. The van der Waals surface area contributed by atoms with Crippen LogP contribution >= 0.6 is 0 Å². The van der Waals surface area contributed by atoms with E-state index >= 15 is 0 Å². The van der Waals surface area contributed by atoms with Gasteiger partial charge in [-0.2, -0.15) is 0 Å². The zero-order valence-electron chi connectivity index (χ0n) is 14.7. The molecule has 4 nitrogen and oxygen atoms in total. The van der Waals surface area contributed by atoms with Gasteiger partial charge in [0.05, 0.1) is 11.6 Å². The van der Waals surface area contributed by atoms with Gasteiger partial charge in [-0.05, 0) is 48.2 Å². The first-order valence-electron chi connectivity index (χ1n) is 8.37. The number of nitrogens with one attached hydrogen (secondary N) is 1. The summed E-state index contributed by atoms with van der Waals surface area (Å²) in [5.41, 5.74) is 5.56. The highest BCUT2D eigenvalue weighted by Gasteiger charge is 2.12. The van der Waals surface area contributed by atoms with Gasteiger partial charge >= 0.3 is 0 Å². The van der Waals surface area contributed by atoms with E-state index in [1.165, 1.54) is 16.7 Å². The van der Waals surface area contributed by atoms with Gasteiger partial charge in [-0.3, -0.25) is 9.78 Å². The van der Waals surface area contributed by atoms with Gasteiger partial charge in [0.1, 0.15) is 6.61 Å². The van der Waals surface area contributed by atoms with Crippen molar-refractivity contribution in [1.82, 2.24) is 10.3 Å². The van der Waals surface area contributed by atoms with Crippen LogP contribution in [0, 0.1) is 6.92 Å². The number of fused-ring (bicyclic) bond motifs is 1. The second-order valence-corrected chi connectivity index (χ2v) is 6.08. The highest BCUT2D eigenvalue weighted by Crippen LogP contribution is 2.31.